The first-order valence-electron chi connectivity index (χ1n) is 28.9. The quantitative estimate of drug-likeness (QED) is 0.0679. The van der Waals surface area contributed by atoms with E-state index in [9.17, 15) is 24.0 Å². The fourth-order valence-corrected chi connectivity index (χ4v) is 9.56. The lowest BCUT2D eigenvalue weighted by atomic mass is 9.88. The minimum atomic E-state index is -0.277. The fraction of sp³-hybridized carbons (Fsp3) is 0.912. The minimum absolute atomic E-state index is 0.0118. The number of ether oxygens (including phenoxy) is 4. The van der Waals surface area contributed by atoms with Crippen LogP contribution in [0.25, 0.3) is 0 Å². The molecule has 3 atom stereocenters. The van der Waals surface area contributed by atoms with Gasteiger partial charge in [-0.15, -0.1) is 0 Å². The molecule has 0 spiro atoms. The number of aliphatic hydroxyl groups is 1. The van der Waals surface area contributed by atoms with Crippen molar-refractivity contribution in [1.82, 2.24) is 10.2 Å². The molecule has 1 fully saturated rings. The summed E-state index contributed by atoms with van der Waals surface area (Å²) in [6.07, 6.45) is 35.5. The van der Waals surface area contributed by atoms with Crippen LogP contribution >= 0.6 is 0 Å². The first-order chi connectivity index (χ1) is 33.7. The highest BCUT2D eigenvalue weighted by atomic mass is 16.5. The van der Waals surface area contributed by atoms with Gasteiger partial charge < -0.3 is 34.3 Å². The van der Waals surface area contributed by atoms with Crippen LogP contribution in [-0.4, -0.2) is 99.0 Å². The standard InChI is InChI=1S/C57H106N2O10/c1-4-7-9-11-12-17-33-51-34-19-13-18-30-50(29-6-3)31-24-25-35-52(32-16-10-8-5-2)49-69-57(65)40-23-15-21-38-55(63)67-47-28-44-59(53(61)36-26-41-58-42-45-60)43-27-46-66-54(62)37-20-14-22-39-56(64)68-48-51/h50-52,58,60H,4-49H2,1-3H3. The average molecular weight is 979 g/mol. The smallest absolute Gasteiger partial charge is 0.305 e. The first-order valence-corrected chi connectivity index (χ1v) is 28.9. The second kappa shape index (κ2) is 47.6. The number of nitrogens with zero attached hydrogens (tertiary/aromatic N) is 1. The van der Waals surface area contributed by atoms with Gasteiger partial charge in [0.05, 0.1) is 33.0 Å². The van der Waals surface area contributed by atoms with Crippen molar-refractivity contribution in [3.8, 4) is 0 Å². The molecule has 12 nitrogen and oxygen atoms in total. The number of unbranched alkanes of at least 4 members (excludes halogenated alkanes) is 8. The summed E-state index contributed by atoms with van der Waals surface area (Å²) in [5, 5.41) is 12.1. The predicted molar refractivity (Wildman–Crippen MR) is 279 cm³/mol. The van der Waals surface area contributed by atoms with Crippen molar-refractivity contribution in [2.45, 2.75) is 258 Å². The van der Waals surface area contributed by atoms with E-state index in [2.05, 4.69) is 26.1 Å². The third-order valence-corrected chi connectivity index (χ3v) is 13.9. The van der Waals surface area contributed by atoms with Crippen LogP contribution in [0, 0.1) is 17.8 Å². The van der Waals surface area contributed by atoms with E-state index >= 15 is 0 Å². The van der Waals surface area contributed by atoms with Gasteiger partial charge >= 0.3 is 23.9 Å². The van der Waals surface area contributed by atoms with Gasteiger partial charge in [-0.25, -0.2) is 0 Å². The molecule has 0 saturated carbocycles. The molecular weight excluding hydrogens is 873 g/mol. The maximum Gasteiger partial charge on any atom is 0.305 e. The van der Waals surface area contributed by atoms with Gasteiger partial charge in [-0.2, -0.15) is 0 Å². The molecule has 69 heavy (non-hydrogen) atoms. The molecule has 404 valence electrons. The third kappa shape index (κ3) is 40.6. The van der Waals surface area contributed by atoms with Gasteiger partial charge in [-0.1, -0.05) is 156 Å². The molecule has 0 aromatic carbocycles. The molecule has 12 heteroatoms. The van der Waals surface area contributed by atoms with E-state index in [1.165, 1.54) is 122 Å². The summed E-state index contributed by atoms with van der Waals surface area (Å²) in [5.41, 5.74) is 0. The highest BCUT2D eigenvalue weighted by Gasteiger charge is 2.18. The van der Waals surface area contributed by atoms with Gasteiger partial charge in [0.15, 0.2) is 0 Å². The SMILES string of the molecule is CCCCCCCCC1CCCCCC(CCC)CCCCC(CCCCCC)COC(=O)CCCCCC(=O)OCCCN(C(=O)CCCNCCO)CCCOC(=O)CCCCCC(=O)OC1. The topological polar surface area (TPSA) is 158 Å². The molecule has 1 rings (SSSR count). The van der Waals surface area contributed by atoms with E-state index in [-0.39, 0.29) is 62.4 Å². The summed E-state index contributed by atoms with van der Waals surface area (Å²) >= 11 is 0. The molecule has 0 aromatic heterocycles. The third-order valence-electron chi connectivity index (χ3n) is 13.9. The molecule has 1 saturated heterocycles. The van der Waals surface area contributed by atoms with Crippen LogP contribution in [0.5, 0.6) is 0 Å². The van der Waals surface area contributed by atoms with Crippen molar-refractivity contribution in [2.24, 2.45) is 17.8 Å². The molecule has 1 heterocycles. The Bertz CT molecular complexity index is 1250. The zero-order valence-electron chi connectivity index (χ0n) is 44.8. The maximum atomic E-state index is 13.1. The zero-order chi connectivity index (χ0) is 50.3. The Kier molecular flexibility index (Phi) is 44.3. The second-order valence-electron chi connectivity index (χ2n) is 20.3. The molecule has 2 N–H and O–H groups in total. The summed E-state index contributed by atoms with van der Waals surface area (Å²) in [6.45, 7) is 10.2. The van der Waals surface area contributed by atoms with Crippen molar-refractivity contribution >= 4 is 29.8 Å². The number of rotatable bonds is 20. The van der Waals surface area contributed by atoms with Gasteiger partial charge in [-0.05, 0) is 94.9 Å². The number of hydrogen-bond donors (Lipinski definition) is 2. The van der Waals surface area contributed by atoms with Crippen LogP contribution < -0.4 is 5.32 Å². The Labute approximate surface area is 422 Å². The van der Waals surface area contributed by atoms with Crippen LogP contribution in [0.2, 0.25) is 0 Å². The number of aliphatic hydroxyl groups excluding tert-OH is 1. The van der Waals surface area contributed by atoms with Crippen molar-refractivity contribution < 1.29 is 48.0 Å². The number of nitrogens with one attached hydrogen (secondary N) is 1. The summed E-state index contributed by atoms with van der Waals surface area (Å²) in [5.74, 6) is 0.746. The van der Waals surface area contributed by atoms with Crippen molar-refractivity contribution in [3.05, 3.63) is 0 Å². The van der Waals surface area contributed by atoms with Crippen molar-refractivity contribution in [1.29, 1.82) is 0 Å². The predicted octanol–water partition coefficient (Wildman–Crippen LogP) is 12.9. The molecule has 0 bridgehead atoms. The Balaban J connectivity index is 2.87. The van der Waals surface area contributed by atoms with Crippen LogP contribution in [0.15, 0.2) is 0 Å². The van der Waals surface area contributed by atoms with Gasteiger partial charge in [0.25, 0.3) is 0 Å². The van der Waals surface area contributed by atoms with Crippen molar-refractivity contribution in [3.63, 3.8) is 0 Å². The van der Waals surface area contributed by atoms with Gasteiger partial charge in [0.2, 0.25) is 5.91 Å². The van der Waals surface area contributed by atoms with E-state index in [1.54, 1.807) is 4.90 Å². The molecule has 0 radical (unpaired) electrons. The number of carbonyl (C=O) groups excluding carboxylic acids is 5. The number of esters is 4. The molecular formula is C57H106N2O10. The number of amides is 1. The lowest BCUT2D eigenvalue weighted by molar-refractivity contribution is -0.146. The monoisotopic (exact) mass is 979 g/mol. The number of hydrogen-bond acceptors (Lipinski definition) is 11. The lowest BCUT2D eigenvalue weighted by Gasteiger charge is -2.23. The fourth-order valence-electron chi connectivity index (χ4n) is 9.56. The van der Waals surface area contributed by atoms with Crippen LogP contribution in [0.1, 0.15) is 258 Å². The highest BCUT2D eigenvalue weighted by molar-refractivity contribution is 5.76. The summed E-state index contributed by atoms with van der Waals surface area (Å²) < 4.78 is 22.7. The molecule has 0 aliphatic carbocycles. The summed E-state index contributed by atoms with van der Waals surface area (Å²) in [7, 11) is 0. The van der Waals surface area contributed by atoms with E-state index < -0.39 is 0 Å². The first kappa shape index (κ1) is 64.3. The molecule has 3 unspecified atom stereocenters. The van der Waals surface area contributed by atoms with Gasteiger partial charge in [0, 0.05) is 51.7 Å². The van der Waals surface area contributed by atoms with E-state index in [0.717, 1.165) is 44.4 Å². The zero-order valence-corrected chi connectivity index (χ0v) is 44.8. The van der Waals surface area contributed by atoms with Crippen LogP contribution in [-0.2, 0) is 42.9 Å². The highest BCUT2D eigenvalue weighted by Crippen LogP contribution is 2.26. The van der Waals surface area contributed by atoms with Crippen LogP contribution in [0.3, 0.4) is 0 Å². The Hall–Kier alpha value is -2.73. The molecule has 1 aliphatic heterocycles. The lowest BCUT2D eigenvalue weighted by Crippen LogP contribution is -2.34. The Morgan fingerprint density at radius 2 is 0.899 bits per heavy atom. The Morgan fingerprint density at radius 1 is 0.478 bits per heavy atom. The molecule has 1 aliphatic rings. The van der Waals surface area contributed by atoms with E-state index in [0.29, 0.717) is 115 Å². The normalized spacial score (nSPS) is 21.7. The minimum Gasteiger partial charge on any atom is -0.466 e. The summed E-state index contributed by atoms with van der Waals surface area (Å²) in [6, 6.07) is 0. The largest absolute Gasteiger partial charge is 0.466 e. The molecule has 0 aromatic rings. The Morgan fingerprint density at radius 3 is 1.38 bits per heavy atom. The van der Waals surface area contributed by atoms with Gasteiger partial charge in [-0.3, -0.25) is 24.0 Å². The maximum absolute atomic E-state index is 13.1. The molecule has 1 amide bonds. The van der Waals surface area contributed by atoms with E-state index in [4.69, 9.17) is 24.1 Å². The van der Waals surface area contributed by atoms with Crippen molar-refractivity contribution in [2.75, 3.05) is 59.2 Å². The van der Waals surface area contributed by atoms with Gasteiger partial charge in [0.1, 0.15) is 0 Å². The average Bonchev–Trinajstić information content (AvgIpc) is 3.34. The second-order valence-corrected chi connectivity index (χ2v) is 20.3. The number of carbonyl (C=O) groups is 5. The summed E-state index contributed by atoms with van der Waals surface area (Å²) in [4.78, 5) is 65.5. The van der Waals surface area contributed by atoms with Crippen LogP contribution in [0.4, 0.5) is 0 Å². The van der Waals surface area contributed by atoms with E-state index in [1.807, 2.05) is 0 Å². The number of cyclic esters (lactones) is 4.